The van der Waals surface area contributed by atoms with Gasteiger partial charge in [-0.15, -0.1) is 13.2 Å². The number of carbonyl (C=O) groups excluding carboxylic acids is 1. The topological polar surface area (TPSA) is 41.9 Å². The average Bonchev–Trinajstić information content (AvgIpc) is 3.54. The third-order valence-corrected chi connectivity index (χ3v) is 6.75. The zero-order valence-electron chi connectivity index (χ0n) is 19.6. The van der Waals surface area contributed by atoms with Crippen molar-refractivity contribution >= 4 is 11.6 Å². The molecule has 2 aliphatic heterocycles. The maximum atomic E-state index is 14.5. The van der Waals surface area contributed by atoms with Crippen LogP contribution in [0.3, 0.4) is 0 Å². The van der Waals surface area contributed by atoms with Crippen molar-refractivity contribution in [2.75, 3.05) is 13.1 Å². The molecule has 2 atom stereocenters. The fourth-order valence-corrected chi connectivity index (χ4v) is 4.99. The predicted molar refractivity (Wildman–Crippen MR) is 128 cm³/mol. The number of aliphatic imine (C=N–C) groups is 1. The fraction of sp³-hybridized carbons (Fsp3) is 0.286. The number of hydrogen-bond donors (Lipinski definition) is 0. The Bertz CT molecular complexity index is 1290. The first-order valence-corrected chi connectivity index (χ1v) is 12.0. The molecule has 192 valence electrons. The van der Waals surface area contributed by atoms with Crippen molar-refractivity contribution in [1.82, 2.24) is 4.90 Å². The van der Waals surface area contributed by atoms with Gasteiger partial charge < -0.3 is 9.64 Å². The van der Waals surface area contributed by atoms with Crippen LogP contribution in [-0.4, -0.2) is 36.0 Å². The smallest absolute Gasteiger partial charge is 0.406 e. The van der Waals surface area contributed by atoms with Gasteiger partial charge in [-0.05, 0) is 53.8 Å². The number of rotatable bonds is 5. The van der Waals surface area contributed by atoms with Gasteiger partial charge in [-0.2, -0.15) is 0 Å². The van der Waals surface area contributed by atoms with Crippen molar-refractivity contribution in [2.45, 2.75) is 31.7 Å². The van der Waals surface area contributed by atoms with Crippen molar-refractivity contribution in [3.8, 4) is 16.9 Å². The van der Waals surface area contributed by atoms with Crippen molar-refractivity contribution in [2.24, 2.45) is 10.9 Å². The van der Waals surface area contributed by atoms with Gasteiger partial charge >= 0.3 is 6.36 Å². The summed E-state index contributed by atoms with van der Waals surface area (Å²) in [5, 5.41) is 0. The number of hydrogen-bond acceptors (Lipinski definition) is 3. The number of alkyl halides is 3. The lowest BCUT2D eigenvalue weighted by Gasteiger charge is -2.24. The Kier molecular flexibility index (Phi) is 6.70. The van der Waals surface area contributed by atoms with Crippen molar-refractivity contribution in [3.05, 3.63) is 89.5 Å². The van der Waals surface area contributed by atoms with Crippen LogP contribution >= 0.6 is 0 Å². The highest BCUT2D eigenvalue weighted by molar-refractivity contribution is 6.05. The molecule has 0 aromatic heterocycles. The Balaban J connectivity index is 1.43. The van der Waals surface area contributed by atoms with E-state index in [1.807, 2.05) is 0 Å². The highest BCUT2D eigenvalue weighted by atomic mass is 19.4. The van der Waals surface area contributed by atoms with E-state index >= 15 is 0 Å². The van der Waals surface area contributed by atoms with Crippen LogP contribution in [-0.2, 0) is 4.79 Å². The first-order valence-electron chi connectivity index (χ1n) is 12.0. The Labute approximate surface area is 210 Å². The standard InChI is InChI=1S/C28H23F5N2O2/c29-22-4-3-5-23(30)25(22)24-16-21(27(36)35-14-1-2-15-35)26(34-24)19-8-6-17(7-9-19)18-10-12-20(13-11-18)37-28(31,32)33/h3-13,21,26H,1-2,14-16H2. The van der Waals surface area contributed by atoms with Crippen LogP contribution < -0.4 is 4.74 Å². The summed E-state index contributed by atoms with van der Waals surface area (Å²) in [5.41, 5.74) is 2.15. The third-order valence-electron chi connectivity index (χ3n) is 6.75. The summed E-state index contributed by atoms with van der Waals surface area (Å²) in [6.07, 6.45) is -2.81. The highest BCUT2D eigenvalue weighted by Crippen LogP contribution is 2.40. The lowest BCUT2D eigenvalue weighted by atomic mass is 9.89. The van der Waals surface area contributed by atoms with Gasteiger partial charge in [0.1, 0.15) is 17.4 Å². The maximum Gasteiger partial charge on any atom is 0.573 e. The molecule has 0 radical (unpaired) electrons. The molecule has 1 saturated heterocycles. The van der Waals surface area contributed by atoms with E-state index in [0.29, 0.717) is 24.2 Å². The van der Waals surface area contributed by atoms with Crippen LogP contribution in [0.15, 0.2) is 71.7 Å². The molecular weight excluding hydrogens is 491 g/mol. The largest absolute Gasteiger partial charge is 0.573 e. The van der Waals surface area contributed by atoms with Gasteiger partial charge in [-0.1, -0.05) is 42.5 Å². The zero-order chi connectivity index (χ0) is 26.2. The number of benzene rings is 3. The lowest BCUT2D eigenvalue weighted by Crippen LogP contribution is -2.35. The Hall–Kier alpha value is -3.75. The van der Waals surface area contributed by atoms with Crippen LogP contribution in [0, 0.1) is 17.6 Å². The van der Waals surface area contributed by atoms with E-state index in [0.717, 1.165) is 18.4 Å². The van der Waals surface area contributed by atoms with Crippen LogP contribution in [0.1, 0.15) is 36.4 Å². The molecule has 0 aliphatic carbocycles. The lowest BCUT2D eigenvalue weighted by molar-refractivity contribution is -0.274. The second kappa shape index (κ2) is 9.95. The van der Waals surface area contributed by atoms with E-state index in [1.165, 1.54) is 42.5 Å². The summed E-state index contributed by atoms with van der Waals surface area (Å²) >= 11 is 0. The van der Waals surface area contributed by atoms with Gasteiger partial charge in [-0.25, -0.2) is 8.78 Å². The second-order valence-electron chi connectivity index (χ2n) is 9.15. The number of likely N-dealkylation sites (tertiary alicyclic amines) is 1. The summed E-state index contributed by atoms with van der Waals surface area (Å²) in [5.74, 6) is -2.43. The van der Waals surface area contributed by atoms with E-state index in [2.05, 4.69) is 9.73 Å². The SMILES string of the molecule is O=C(C1CC(c2c(F)cccc2F)=NC1c1ccc(-c2ccc(OC(F)(F)F)cc2)cc1)N1CCCC1. The van der Waals surface area contributed by atoms with Crippen molar-refractivity contribution in [1.29, 1.82) is 0 Å². The molecule has 0 spiro atoms. The number of nitrogens with zero attached hydrogens (tertiary/aromatic N) is 2. The quantitative estimate of drug-likeness (QED) is 0.356. The fourth-order valence-electron chi connectivity index (χ4n) is 4.99. The number of carbonyl (C=O) groups is 1. The molecule has 2 aliphatic rings. The second-order valence-corrected chi connectivity index (χ2v) is 9.15. The Morgan fingerprint density at radius 2 is 1.43 bits per heavy atom. The van der Waals surface area contributed by atoms with Gasteiger partial charge in [-0.3, -0.25) is 9.79 Å². The van der Waals surface area contributed by atoms with E-state index in [4.69, 9.17) is 0 Å². The van der Waals surface area contributed by atoms with Crippen molar-refractivity contribution < 1.29 is 31.5 Å². The summed E-state index contributed by atoms with van der Waals surface area (Å²) in [7, 11) is 0. The maximum absolute atomic E-state index is 14.5. The minimum absolute atomic E-state index is 0.0812. The molecule has 2 heterocycles. The molecular formula is C28H23F5N2O2. The molecule has 37 heavy (non-hydrogen) atoms. The van der Waals surface area contributed by atoms with Crippen molar-refractivity contribution in [3.63, 3.8) is 0 Å². The van der Waals surface area contributed by atoms with E-state index < -0.39 is 30.0 Å². The van der Waals surface area contributed by atoms with Gasteiger partial charge in [0, 0.05) is 25.2 Å². The average molecular weight is 514 g/mol. The summed E-state index contributed by atoms with van der Waals surface area (Å²) in [6.45, 7) is 1.30. The normalized spacial score (nSPS) is 19.7. The Morgan fingerprint density at radius 1 is 0.865 bits per heavy atom. The van der Waals surface area contributed by atoms with Crippen LogP contribution in [0.4, 0.5) is 22.0 Å². The summed E-state index contributed by atoms with van der Waals surface area (Å²) in [4.78, 5) is 19.8. The molecule has 4 nitrogen and oxygen atoms in total. The number of amides is 1. The van der Waals surface area contributed by atoms with Crippen LogP contribution in [0.5, 0.6) is 5.75 Å². The minimum Gasteiger partial charge on any atom is -0.406 e. The summed E-state index contributed by atoms with van der Waals surface area (Å²) < 4.78 is 70.3. The molecule has 1 amide bonds. The van der Waals surface area contributed by atoms with E-state index in [9.17, 15) is 26.7 Å². The molecule has 9 heteroatoms. The zero-order valence-corrected chi connectivity index (χ0v) is 19.6. The number of halogens is 5. The highest BCUT2D eigenvalue weighted by Gasteiger charge is 2.40. The van der Waals surface area contributed by atoms with Crippen LogP contribution in [0.2, 0.25) is 0 Å². The predicted octanol–water partition coefficient (Wildman–Crippen LogP) is 6.70. The monoisotopic (exact) mass is 514 g/mol. The van der Waals surface area contributed by atoms with Gasteiger partial charge in [0.25, 0.3) is 0 Å². The molecule has 0 saturated carbocycles. The molecule has 0 bridgehead atoms. The first-order chi connectivity index (χ1) is 17.7. The third kappa shape index (κ3) is 5.35. The molecule has 1 fully saturated rings. The summed E-state index contributed by atoms with van der Waals surface area (Å²) in [6, 6.07) is 15.7. The minimum atomic E-state index is -4.77. The van der Waals surface area contributed by atoms with Gasteiger partial charge in [0.05, 0.1) is 17.5 Å². The molecule has 5 rings (SSSR count). The molecule has 2 unspecified atom stereocenters. The Morgan fingerprint density at radius 3 is 2.00 bits per heavy atom. The van der Waals surface area contributed by atoms with E-state index in [1.54, 1.807) is 29.2 Å². The molecule has 0 N–H and O–H groups in total. The van der Waals surface area contributed by atoms with Gasteiger partial charge in [0.15, 0.2) is 0 Å². The first kappa shape index (κ1) is 24.9. The van der Waals surface area contributed by atoms with E-state index in [-0.39, 0.29) is 29.4 Å². The van der Waals surface area contributed by atoms with Gasteiger partial charge in [0.2, 0.25) is 5.91 Å². The number of ether oxygens (including phenoxy) is 1. The molecule has 3 aromatic carbocycles. The molecule has 3 aromatic rings. The van der Waals surface area contributed by atoms with Crippen LogP contribution in [0.25, 0.3) is 11.1 Å².